The zero-order valence-corrected chi connectivity index (χ0v) is 20.1. The number of carboxylic acid groups (broad SMARTS) is 1. The van der Waals surface area contributed by atoms with Gasteiger partial charge in [-0.05, 0) is 41.0 Å². The molecule has 0 bridgehead atoms. The molecular weight excluding hydrogens is 428 g/mol. The number of carbonyl (C=O) groups is 1. The predicted octanol–water partition coefficient (Wildman–Crippen LogP) is 7.58. The first kappa shape index (κ1) is 28.6. The molecule has 1 aliphatic heterocycles. The lowest BCUT2D eigenvalue weighted by Gasteiger charge is -2.10. The second kappa shape index (κ2) is 14.6. The van der Waals surface area contributed by atoms with Crippen molar-refractivity contribution in [2.75, 3.05) is 13.7 Å². The van der Waals surface area contributed by atoms with Gasteiger partial charge >= 0.3 is 5.97 Å². The van der Waals surface area contributed by atoms with Crippen molar-refractivity contribution in [1.29, 1.82) is 0 Å². The summed E-state index contributed by atoms with van der Waals surface area (Å²) in [5.74, 6) is 1.33. The van der Waals surface area contributed by atoms with E-state index in [1.165, 1.54) is 0 Å². The zero-order chi connectivity index (χ0) is 24.2. The number of ether oxygens (including phenoxy) is 3. The van der Waals surface area contributed by atoms with Crippen LogP contribution in [-0.2, 0) is 11.4 Å². The molecule has 184 valence electrons. The van der Waals surface area contributed by atoms with Gasteiger partial charge < -0.3 is 19.3 Å². The van der Waals surface area contributed by atoms with Gasteiger partial charge in [0.25, 0.3) is 0 Å². The molecule has 1 aliphatic rings. The van der Waals surface area contributed by atoms with Crippen LogP contribution in [0.4, 0.5) is 0 Å². The number of benzene rings is 3. The number of aliphatic carboxylic acids is 1. The summed E-state index contributed by atoms with van der Waals surface area (Å²) >= 11 is 0. The standard InChI is InChI=1S/C24H22O5.2C2H6.CH4/c1-27-20-7-5-17(6-8-20)18-4-2-3-16(11-18)14-28-21-9-10-22-19(12-24(25)26)15-29-23(22)13-21;2*1-2;/h2-11,13,19H,12,14-15H2,1H3,(H,25,26);2*1-2H3;1H4. The lowest BCUT2D eigenvalue weighted by atomic mass is 9.98. The van der Waals surface area contributed by atoms with Crippen LogP contribution in [-0.4, -0.2) is 24.8 Å². The van der Waals surface area contributed by atoms with Crippen molar-refractivity contribution in [1.82, 2.24) is 0 Å². The van der Waals surface area contributed by atoms with Crippen molar-refractivity contribution in [2.45, 2.75) is 54.1 Å². The van der Waals surface area contributed by atoms with Crippen LogP contribution in [0.5, 0.6) is 17.2 Å². The minimum absolute atomic E-state index is 0. The molecule has 3 aromatic carbocycles. The molecular formula is C29H38O5. The van der Waals surface area contributed by atoms with Gasteiger partial charge in [0.1, 0.15) is 23.9 Å². The van der Waals surface area contributed by atoms with E-state index in [9.17, 15) is 4.79 Å². The summed E-state index contributed by atoms with van der Waals surface area (Å²) in [4.78, 5) is 11.0. The fourth-order valence-corrected chi connectivity index (χ4v) is 3.52. The number of fused-ring (bicyclic) bond motifs is 1. The number of carboxylic acids is 1. The maximum atomic E-state index is 11.0. The third-order valence-electron chi connectivity index (χ3n) is 5.04. The molecule has 0 amide bonds. The fourth-order valence-electron chi connectivity index (χ4n) is 3.52. The van der Waals surface area contributed by atoms with Crippen molar-refractivity contribution >= 4 is 5.97 Å². The average Bonchev–Trinajstić information content (AvgIpc) is 3.26. The van der Waals surface area contributed by atoms with E-state index in [0.29, 0.717) is 24.7 Å². The largest absolute Gasteiger partial charge is 0.497 e. The highest BCUT2D eigenvalue weighted by atomic mass is 16.5. The van der Waals surface area contributed by atoms with Crippen molar-refractivity contribution < 1.29 is 24.1 Å². The zero-order valence-electron chi connectivity index (χ0n) is 20.1. The van der Waals surface area contributed by atoms with E-state index in [0.717, 1.165) is 28.0 Å². The van der Waals surface area contributed by atoms with Crippen LogP contribution in [0.15, 0.2) is 66.7 Å². The highest BCUT2D eigenvalue weighted by Crippen LogP contribution is 2.38. The molecule has 0 aromatic heterocycles. The Balaban J connectivity index is 0.00000110. The molecule has 4 rings (SSSR count). The van der Waals surface area contributed by atoms with Crippen molar-refractivity contribution in [3.05, 3.63) is 77.9 Å². The van der Waals surface area contributed by atoms with Crippen molar-refractivity contribution in [3.63, 3.8) is 0 Å². The summed E-state index contributed by atoms with van der Waals surface area (Å²) in [6, 6.07) is 21.8. The molecule has 0 saturated heterocycles. The predicted molar refractivity (Wildman–Crippen MR) is 139 cm³/mol. The van der Waals surface area contributed by atoms with Gasteiger partial charge in [-0.1, -0.05) is 71.5 Å². The summed E-state index contributed by atoms with van der Waals surface area (Å²) in [5.41, 5.74) is 4.22. The molecule has 1 unspecified atom stereocenters. The Morgan fingerprint density at radius 2 is 1.62 bits per heavy atom. The van der Waals surface area contributed by atoms with Gasteiger partial charge in [-0.2, -0.15) is 0 Å². The summed E-state index contributed by atoms with van der Waals surface area (Å²) in [6.45, 7) is 8.83. The minimum Gasteiger partial charge on any atom is -0.497 e. The Morgan fingerprint density at radius 1 is 0.941 bits per heavy atom. The molecule has 1 atom stereocenters. The molecule has 0 saturated carbocycles. The van der Waals surface area contributed by atoms with Gasteiger partial charge in [0.05, 0.1) is 20.1 Å². The Hall–Kier alpha value is -3.47. The van der Waals surface area contributed by atoms with Gasteiger partial charge in [-0.15, -0.1) is 0 Å². The molecule has 1 heterocycles. The monoisotopic (exact) mass is 466 g/mol. The van der Waals surface area contributed by atoms with E-state index in [2.05, 4.69) is 12.1 Å². The molecule has 34 heavy (non-hydrogen) atoms. The Labute approximate surface area is 204 Å². The van der Waals surface area contributed by atoms with E-state index in [-0.39, 0.29) is 19.8 Å². The maximum absolute atomic E-state index is 11.0. The Bertz CT molecular complexity index is 1010. The van der Waals surface area contributed by atoms with E-state index in [1.807, 2.05) is 82.3 Å². The highest BCUT2D eigenvalue weighted by Gasteiger charge is 2.26. The van der Waals surface area contributed by atoms with E-state index >= 15 is 0 Å². The van der Waals surface area contributed by atoms with Gasteiger partial charge in [0, 0.05) is 17.5 Å². The topological polar surface area (TPSA) is 65.0 Å². The molecule has 0 radical (unpaired) electrons. The van der Waals surface area contributed by atoms with Crippen molar-refractivity contribution in [2.24, 2.45) is 0 Å². The van der Waals surface area contributed by atoms with Crippen LogP contribution >= 0.6 is 0 Å². The van der Waals surface area contributed by atoms with E-state index in [4.69, 9.17) is 19.3 Å². The quantitative estimate of drug-likeness (QED) is 0.389. The van der Waals surface area contributed by atoms with Crippen LogP contribution in [0.3, 0.4) is 0 Å². The average molecular weight is 467 g/mol. The van der Waals surface area contributed by atoms with E-state index < -0.39 is 5.97 Å². The highest BCUT2D eigenvalue weighted by molar-refractivity contribution is 5.69. The normalized spacial score (nSPS) is 12.9. The van der Waals surface area contributed by atoms with Gasteiger partial charge in [0.15, 0.2) is 0 Å². The second-order valence-corrected chi connectivity index (χ2v) is 7.02. The molecule has 0 spiro atoms. The second-order valence-electron chi connectivity index (χ2n) is 7.02. The summed E-state index contributed by atoms with van der Waals surface area (Å²) in [7, 11) is 1.66. The van der Waals surface area contributed by atoms with Crippen LogP contribution < -0.4 is 14.2 Å². The summed E-state index contributed by atoms with van der Waals surface area (Å²) < 4.78 is 16.8. The SMILES string of the molecule is C.CC.CC.COc1ccc(-c2cccc(COc3ccc4c(c3)OCC4CC(=O)O)c2)cc1. The number of methoxy groups -OCH3 is 1. The molecule has 0 fully saturated rings. The molecule has 5 heteroatoms. The third kappa shape index (κ3) is 7.55. The fraction of sp³-hybridized carbons (Fsp3) is 0.345. The number of hydrogen-bond acceptors (Lipinski definition) is 4. The first-order valence-corrected chi connectivity index (χ1v) is 11.5. The lowest BCUT2D eigenvalue weighted by molar-refractivity contribution is -0.137. The van der Waals surface area contributed by atoms with Crippen molar-refractivity contribution in [3.8, 4) is 28.4 Å². The first-order valence-electron chi connectivity index (χ1n) is 11.5. The van der Waals surface area contributed by atoms with Gasteiger partial charge in [-0.3, -0.25) is 4.79 Å². The first-order chi connectivity index (χ1) is 16.1. The molecule has 1 N–H and O–H groups in total. The third-order valence-corrected chi connectivity index (χ3v) is 5.04. The van der Waals surface area contributed by atoms with Gasteiger partial charge in [-0.25, -0.2) is 0 Å². The Kier molecular flexibility index (Phi) is 12.3. The number of rotatable bonds is 7. The van der Waals surface area contributed by atoms with Gasteiger partial charge in [0.2, 0.25) is 0 Å². The van der Waals surface area contributed by atoms with E-state index in [1.54, 1.807) is 7.11 Å². The smallest absolute Gasteiger partial charge is 0.304 e. The molecule has 5 nitrogen and oxygen atoms in total. The van der Waals surface area contributed by atoms with Crippen LogP contribution in [0, 0.1) is 0 Å². The molecule has 3 aromatic rings. The Morgan fingerprint density at radius 3 is 2.26 bits per heavy atom. The molecule has 0 aliphatic carbocycles. The minimum atomic E-state index is -0.816. The number of hydrogen-bond donors (Lipinski definition) is 1. The van der Waals surface area contributed by atoms with Crippen LogP contribution in [0.1, 0.15) is 58.6 Å². The summed E-state index contributed by atoms with van der Waals surface area (Å²) in [5, 5.41) is 9.01. The maximum Gasteiger partial charge on any atom is 0.304 e. The van der Waals surface area contributed by atoms with Crippen LogP contribution in [0.25, 0.3) is 11.1 Å². The van der Waals surface area contributed by atoms with Crippen LogP contribution in [0.2, 0.25) is 0 Å². The summed E-state index contributed by atoms with van der Waals surface area (Å²) in [6.07, 6.45) is 0.0748. The lowest BCUT2D eigenvalue weighted by Crippen LogP contribution is -2.07.